The van der Waals surface area contributed by atoms with Crippen LogP contribution in [-0.4, -0.2) is 54.9 Å². The van der Waals surface area contributed by atoms with Crippen LogP contribution in [0.5, 0.6) is 0 Å². The zero-order valence-corrected chi connectivity index (χ0v) is 24.2. The van der Waals surface area contributed by atoms with Crippen LogP contribution in [0, 0.1) is 5.92 Å². The second-order valence-electron chi connectivity index (χ2n) is 9.93. The fraction of sp³-hybridized carbons (Fsp3) is 0.333. The minimum absolute atomic E-state index is 0.0565. The van der Waals surface area contributed by atoms with Gasteiger partial charge in [0.15, 0.2) is 0 Å². The number of ether oxygens (including phenoxy) is 1. The van der Waals surface area contributed by atoms with Crippen molar-refractivity contribution < 1.29 is 22.7 Å². The highest BCUT2D eigenvalue weighted by Crippen LogP contribution is 2.32. The van der Waals surface area contributed by atoms with Crippen molar-refractivity contribution in [1.29, 1.82) is 0 Å². The van der Waals surface area contributed by atoms with E-state index in [-0.39, 0.29) is 24.0 Å². The molecule has 1 fully saturated rings. The number of amides is 1. The summed E-state index contributed by atoms with van der Waals surface area (Å²) in [7, 11) is -3.91. The number of esters is 1. The van der Waals surface area contributed by atoms with Crippen LogP contribution in [0.3, 0.4) is 0 Å². The summed E-state index contributed by atoms with van der Waals surface area (Å²) in [5.74, 6) is -0.458. The van der Waals surface area contributed by atoms with Gasteiger partial charge in [-0.25, -0.2) is 8.42 Å². The van der Waals surface area contributed by atoms with E-state index in [1.165, 1.54) is 16.1 Å². The SMILES string of the molecule is CC(C)[C@H](N)C(=O)OCC[C@H](NC(=O)[C@@H]1SCCN1S(=O)(=O)c1ccc(-c2ccccc2)cc1)c1ccccc1. The number of carbonyl (C=O) groups excluding carboxylic acids is 2. The summed E-state index contributed by atoms with van der Waals surface area (Å²) in [5.41, 5.74) is 8.61. The molecule has 0 aliphatic carbocycles. The van der Waals surface area contributed by atoms with Crippen molar-refractivity contribution in [3.05, 3.63) is 90.5 Å². The first-order valence-corrected chi connectivity index (χ1v) is 15.7. The van der Waals surface area contributed by atoms with Crippen LogP contribution in [-0.2, 0) is 24.3 Å². The van der Waals surface area contributed by atoms with Gasteiger partial charge in [0.1, 0.15) is 11.4 Å². The summed E-state index contributed by atoms with van der Waals surface area (Å²) in [6.07, 6.45) is 0.317. The molecule has 3 N–H and O–H groups in total. The van der Waals surface area contributed by atoms with E-state index in [2.05, 4.69) is 5.32 Å². The zero-order chi connectivity index (χ0) is 28.7. The van der Waals surface area contributed by atoms with Gasteiger partial charge in [-0.05, 0) is 34.7 Å². The van der Waals surface area contributed by atoms with Crippen LogP contribution in [0.25, 0.3) is 11.1 Å². The van der Waals surface area contributed by atoms with E-state index < -0.39 is 39.4 Å². The predicted molar refractivity (Wildman–Crippen MR) is 158 cm³/mol. The van der Waals surface area contributed by atoms with Crippen molar-refractivity contribution in [3.63, 3.8) is 0 Å². The Morgan fingerprint density at radius 3 is 2.20 bits per heavy atom. The number of nitrogens with zero attached hydrogens (tertiary/aromatic N) is 1. The monoisotopic (exact) mass is 581 g/mol. The molecule has 3 aromatic carbocycles. The number of rotatable bonds is 11. The topological polar surface area (TPSA) is 119 Å². The lowest BCUT2D eigenvalue weighted by atomic mass is 10.0. The van der Waals surface area contributed by atoms with Crippen LogP contribution < -0.4 is 11.1 Å². The maximum absolute atomic E-state index is 13.6. The van der Waals surface area contributed by atoms with Gasteiger partial charge in [-0.15, -0.1) is 11.8 Å². The lowest BCUT2D eigenvalue weighted by Crippen LogP contribution is -2.46. The van der Waals surface area contributed by atoms with Crippen molar-refractivity contribution in [2.75, 3.05) is 18.9 Å². The van der Waals surface area contributed by atoms with Crippen molar-refractivity contribution >= 4 is 33.7 Å². The summed E-state index contributed by atoms with van der Waals surface area (Å²) in [6.45, 7) is 3.98. The van der Waals surface area contributed by atoms with Gasteiger partial charge in [0.2, 0.25) is 15.9 Å². The van der Waals surface area contributed by atoms with E-state index in [0.29, 0.717) is 12.2 Å². The molecule has 40 heavy (non-hydrogen) atoms. The molecule has 8 nitrogen and oxygen atoms in total. The third-order valence-corrected chi connectivity index (χ3v) is 10.0. The van der Waals surface area contributed by atoms with Crippen LogP contribution in [0.15, 0.2) is 89.8 Å². The maximum atomic E-state index is 13.6. The smallest absolute Gasteiger partial charge is 0.323 e. The molecule has 4 rings (SSSR count). The van der Waals surface area contributed by atoms with Gasteiger partial charge in [-0.2, -0.15) is 4.31 Å². The van der Waals surface area contributed by atoms with Crippen LogP contribution in [0.4, 0.5) is 0 Å². The minimum atomic E-state index is -3.91. The Balaban J connectivity index is 1.46. The fourth-order valence-electron chi connectivity index (χ4n) is 4.39. The van der Waals surface area contributed by atoms with Gasteiger partial charge in [-0.3, -0.25) is 9.59 Å². The maximum Gasteiger partial charge on any atom is 0.323 e. The van der Waals surface area contributed by atoms with Gasteiger partial charge in [0.05, 0.1) is 17.5 Å². The number of hydrogen-bond acceptors (Lipinski definition) is 7. The molecule has 0 unspecified atom stereocenters. The fourth-order valence-corrected chi connectivity index (χ4v) is 7.47. The van der Waals surface area contributed by atoms with Gasteiger partial charge >= 0.3 is 5.97 Å². The summed E-state index contributed by atoms with van der Waals surface area (Å²) in [5, 5.41) is 2.08. The highest BCUT2D eigenvalue weighted by atomic mass is 32.2. The molecular formula is C30H35N3O5S2. The number of hydrogen-bond donors (Lipinski definition) is 2. The first-order valence-electron chi connectivity index (χ1n) is 13.2. The van der Waals surface area contributed by atoms with E-state index in [1.807, 2.05) is 74.5 Å². The predicted octanol–water partition coefficient (Wildman–Crippen LogP) is 4.19. The van der Waals surface area contributed by atoms with Crippen LogP contribution in [0.1, 0.15) is 31.9 Å². The van der Waals surface area contributed by atoms with E-state index in [1.54, 1.807) is 24.3 Å². The highest BCUT2D eigenvalue weighted by Gasteiger charge is 2.40. The van der Waals surface area contributed by atoms with Crippen LogP contribution in [0.2, 0.25) is 0 Å². The second kappa shape index (κ2) is 13.5. The largest absolute Gasteiger partial charge is 0.464 e. The Kier molecular flexibility index (Phi) is 10.0. The van der Waals surface area contributed by atoms with Gasteiger partial charge in [-0.1, -0.05) is 86.6 Å². The summed E-state index contributed by atoms with van der Waals surface area (Å²) in [4.78, 5) is 25.8. The van der Waals surface area contributed by atoms with Gasteiger partial charge in [0.25, 0.3) is 0 Å². The molecule has 0 saturated carbocycles. The lowest BCUT2D eigenvalue weighted by Gasteiger charge is -2.26. The third kappa shape index (κ3) is 7.11. The molecule has 0 bridgehead atoms. The number of thioether (sulfide) groups is 1. The highest BCUT2D eigenvalue weighted by molar-refractivity contribution is 8.02. The molecule has 1 aliphatic heterocycles. The molecule has 1 saturated heterocycles. The normalized spacial score (nSPS) is 17.4. The first-order chi connectivity index (χ1) is 19.2. The number of nitrogens with one attached hydrogen (secondary N) is 1. The Morgan fingerprint density at radius 1 is 0.975 bits per heavy atom. The summed E-state index contributed by atoms with van der Waals surface area (Å²) < 4.78 is 33.8. The van der Waals surface area contributed by atoms with Crippen molar-refractivity contribution in [3.8, 4) is 11.1 Å². The molecule has 0 spiro atoms. The molecule has 212 valence electrons. The Morgan fingerprint density at radius 2 is 1.57 bits per heavy atom. The average molecular weight is 582 g/mol. The number of benzene rings is 3. The van der Waals surface area contributed by atoms with E-state index in [0.717, 1.165) is 16.7 Å². The molecule has 10 heteroatoms. The summed E-state index contributed by atoms with van der Waals surface area (Å²) >= 11 is 1.29. The average Bonchev–Trinajstić information content (AvgIpc) is 3.48. The molecule has 1 aliphatic rings. The van der Waals surface area contributed by atoms with Gasteiger partial charge in [0, 0.05) is 18.7 Å². The molecule has 0 aromatic heterocycles. The molecule has 3 atom stereocenters. The first kappa shape index (κ1) is 29.8. The van der Waals surface area contributed by atoms with Crippen molar-refractivity contribution in [2.24, 2.45) is 11.7 Å². The van der Waals surface area contributed by atoms with E-state index in [4.69, 9.17) is 10.5 Å². The number of nitrogens with two attached hydrogens (primary N) is 1. The van der Waals surface area contributed by atoms with E-state index in [9.17, 15) is 18.0 Å². The van der Waals surface area contributed by atoms with Crippen molar-refractivity contribution in [1.82, 2.24) is 9.62 Å². The lowest BCUT2D eigenvalue weighted by molar-refractivity contribution is -0.146. The Bertz CT molecular complexity index is 1380. The van der Waals surface area contributed by atoms with Crippen molar-refractivity contribution in [2.45, 2.75) is 42.6 Å². The molecule has 1 amide bonds. The number of carbonyl (C=O) groups is 2. The quantitative estimate of drug-likeness (QED) is 0.326. The standard InChI is InChI=1S/C30H35N3O5S2/c1-21(2)27(31)30(35)38-19-17-26(24-11-7-4-8-12-24)32-28(34)29-33(18-20-39-29)40(36,37)25-15-13-23(14-16-25)22-9-5-3-6-10-22/h3-16,21,26-27,29H,17-20,31H2,1-2H3,(H,32,34)/t26-,27-,29-/m0/s1. The molecular weight excluding hydrogens is 546 g/mol. The number of sulfonamides is 1. The van der Waals surface area contributed by atoms with Gasteiger partial charge < -0.3 is 15.8 Å². The Labute approximate surface area is 240 Å². The second-order valence-corrected chi connectivity index (χ2v) is 13.0. The zero-order valence-electron chi connectivity index (χ0n) is 22.6. The van der Waals surface area contributed by atoms with Crippen LogP contribution >= 0.6 is 11.8 Å². The third-order valence-electron chi connectivity index (χ3n) is 6.80. The molecule has 0 radical (unpaired) electrons. The van der Waals surface area contributed by atoms with E-state index >= 15 is 0 Å². The molecule has 1 heterocycles. The minimum Gasteiger partial charge on any atom is -0.464 e. The molecule has 3 aromatic rings. The summed E-state index contributed by atoms with van der Waals surface area (Å²) in [6, 6.07) is 24.5. The Hall–Kier alpha value is -3.18.